The minimum atomic E-state index is -3.56. The van der Waals surface area contributed by atoms with Crippen LogP contribution in [0.1, 0.15) is 18.4 Å². The molecule has 1 fully saturated rings. The number of carbonyl (C=O) groups is 1. The van der Waals surface area contributed by atoms with Crippen molar-refractivity contribution in [2.75, 3.05) is 20.3 Å². The zero-order valence-corrected chi connectivity index (χ0v) is 12.7. The topological polar surface area (TPSA) is 81.7 Å². The molecule has 0 bridgehead atoms. The van der Waals surface area contributed by atoms with Gasteiger partial charge in [-0.1, -0.05) is 12.1 Å². The molecule has 0 aromatic heterocycles. The number of rotatable bonds is 5. The Morgan fingerprint density at radius 3 is 2.67 bits per heavy atom. The van der Waals surface area contributed by atoms with Crippen molar-refractivity contribution in [1.82, 2.24) is 4.72 Å². The van der Waals surface area contributed by atoms with Gasteiger partial charge in [0.15, 0.2) is 0 Å². The molecule has 1 aromatic carbocycles. The lowest BCUT2D eigenvalue weighted by Crippen LogP contribution is -2.40. The average molecular weight is 313 g/mol. The molecule has 0 radical (unpaired) electrons. The van der Waals surface area contributed by atoms with Crippen molar-refractivity contribution in [3.63, 3.8) is 0 Å². The molecule has 1 unspecified atom stereocenters. The van der Waals surface area contributed by atoms with Crippen molar-refractivity contribution in [3.05, 3.63) is 29.8 Å². The van der Waals surface area contributed by atoms with Crippen molar-refractivity contribution in [3.8, 4) is 0 Å². The Bertz CT molecular complexity index is 576. The Labute approximate surface area is 124 Å². The maximum Gasteiger partial charge on any atom is 0.309 e. The van der Waals surface area contributed by atoms with Crippen LogP contribution in [-0.2, 0) is 30.7 Å². The third-order valence-electron chi connectivity index (χ3n) is 3.29. The maximum absolute atomic E-state index is 12.2. The molecule has 0 spiro atoms. The van der Waals surface area contributed by atoms with E-state index >= 15 is 0 Å². The first-order valence-electron chi connectivity index (χ1n) is 6.77. The van der Waals surface area contributed by atoms with Gasteiger partial charge in [-0.15, -0.1) is 0 Å². The Morgan fingerprint density at radius 2 is 2.10 bits per heavy atom. The maximum atomic E-state index is 12.2. The molecular weight excluding hydrogens is 294 g/mol. The predicted octanol–water partition coefficient (Wildman–Crippen LogP) is 0.859. The van der Waals surface area contributed by atoms with E-state index in [1.807, 2.05) is 0 Å². The molecule has 1 saturated heterocycles. The number of hydrogen-bond donors (Lipinski definition) is 1. The number of esters is 1. The lowest BCUT2D eigenvalue weighted by molar-refractivity contribution is -0.139. The van der Waals surface area contributed by atoms with E-state index in [-0.39, 0.29) is 23.3 Å². The molecule has 0 amide bonds. The number of carbonyl (C=O) groups excluding carboxylic acids is 1. The van der Waals surface area contributed by atoms with Gasteiger partial charge in [0.05, 0.1) is 25.0 Å². The van der Waals surface area contributed by atoms with Gasteiger partial charge < -0.3 is 9.47 Å². The molecule has 7 heteroatoms. The number of ether oxygens (including phenoxy) is 2. The van der Waals surface area contributed by atoms with E-state index in [1.165, 1.54) is 19.2 Å². The molecule has 6 nitrogen and oxygen atoms in total. The molecule has 1 aliphatic rings. The van der Waals surface area contributed by atoms with E-state index in [4.69, 9.17) is 4.74 Å². The van der Waals surface area contributed by atoms with Crippen LogP contribution in [0, 0.1) is 0 Å². The fourth-order valence-corrected chi connectivity index (χ4v) is 3.40. The van der Waals surface area contributed by atoms with Crippen LogP contribution in [-0.4, -0.2) is 40.8 Å². The molecule has 1 atom stereocenters. The van der Waals surface area contributed by atoms with Crippen LogP contribution in [0.15, 0.2) is 29.2 Å². The molecule has 1 heterocycles. The van der Waals surface area contributed by atoms with Crippen molar-refractivity contribution in [2.24, 2.45) is 0 Å². The van der Waals surface area contributed by atoms with Crippen LogP contribution in [0.4, 0.5) is 0 Å². The van der Waals surface area contributed by atoms with Gasteiger partial charge in [0, 0.05) is 12.6 Å². The highest BCUT2D eigenvalue weighted by atomic mass is 32.2. The molecule has 1 aromatic rings. The van der Waals surface area contributed by atoms with Crippen LogP contribution in [0.3, 0.4) is 0 Å². The highest BCUT2D eigenvalue weighted by molar-refractivity contribution is 7.89. The summed E-state index contributed by atoms with van der Waals surface area (Å²) in [5.74, 6) is -0.358. The van der Waals surface area contributed by atoms with E-state index in [9.17, 15) is 13.2 Å². The minimum Gasteiger partial charge on any atom is -0.469 e. The van der Waals surface area contributed by atoms with E-state index in [1.54, 1.807) is 12.1 Å². The third kappa shape index (κ3) is 4.52. The molecule has 116 valence electrons. The Morgan fingerprint density at radius 1 is 1.38 bits per heavy atom. The summed E-state index contributed by atoms with van der Waals surface area (Å²) in [5.41, 5.74) is 0.710. The zero-order valence-electron chi connectivity index (χ0n) is 11.9. The van der Waals surface area contributed by atoms with Crippen molar-refractivity contribution >= 4 is 16.0 Å². The first kappa shape index (κ1) is 15.9. The van der Waals surface area contributed by atoms with Gasteiger partial charge in [0.1, 0.15) is 0 Å². The second-order valence-electron chi connectivity index (χ2n) is 4.93. The van der Waals surface area contributed by atoms with Crippen LogP contribution in [0.25, 0.3) is 0 Å². The van der Waals surface area contributed by atoms with Crippen molar-refractivity contribution in [2.45, 2.75) is 30.2 Å². The number of sulfonamides is 1. The van der Waals surface area contributed by atoms with Crippen LogP contribution in [0.2, 0.25) is 0 Å². The standard InChI is InChI=1S/C14H19NO5S/c1-19-14(16)9-11-4-6-13(7-5-11)21(17,18)15-12-3-2-8-20-10-12/h4-7,12,15H,2-3,8-10H2,1H3. The molecule has 1 N–H and O–H groups in total. The molecule has 0 aliphatic carbocycles. The quantitative estimate of drug-likeness (QED) is 0.815. The van der Waals surface area contributed by atoms with Crippen LogP contribution in [0.5, 0.6) is 0 Å². The summed E-state index contributed by atoms with van der Waals surface area (Å²) >= 11 is 0. The second kappa shape index (κ2) is 7.02. The highest BCUT2D eigenvalue weighted by Crippen LogP contribution is 2.14. The van der Waals surface area contributed by atoms with Gasteiger partial charge in [-0.25, -0.2) is 13.1 Å². The summed E-state index contributed by atoms with van der Waals surface area (Å²) in [4.78, 5) is 11.3. The van der Waals surface area contributed by atoms with Gasteiger partial charge in [0.2, 0.25) is 10.0 Å². The highest BCUT2D eigenvalue weighted by Gasteiger charge is 2.22. The fraction of sp³-hybridized carbons (Fsp3) is 0.500. The Hall–Kier alpha value is -1.44. The number of nitrogens with one attached hydrogen (secondary N) is 1. The monoisotopic (exact) mass is 313 g/mol. The summed E-state index contributed by atoms with van der Waals surface area (Å²) in [7, 11) is -2.24. The zero-order chi connectivity index (χ0) is 15.3. The Balaban J connectivity index is 2.04. The molecule has 21 heavy (non-hydrogen) atoms. The minimum absolute atomic E-state index is 0.126. The first-order valence-corrected chi connectivity index (χ1v) is 8.25. The number of hydrogen-bond acceptors (Lipinski definition) is 5. The molecular formula is C14H19NO5S. The number of methoxy groups -OCH3 is 1. The normalized spacial score (nSPS) is 19.2. The second-order valence-corrected chi connectivity index (χ2v) is 6.65. The third-order valence-corrected chi connectivity index (χ3v) is 4.83. The predicted molar refractivity (Wildman–Crippen MR) is 76.3 cm³/mol. The lowest BCUT2D eigenvalue weighted by Gasteiger charge is -2.23. The Kier molecular flexibility index (Phi) is 5.33. The fourth-order valence-electron chi connectivity index (χ4n) is 2.15. The summed E-state index contributed by atoms with van der Waals surface area (Å²) in [5, 5.41) is 0. The molecule has 1 aliphatic heterocycles. The summed E-state index contributed by atoms with van der Waals surface area (Å²) in [6, 6.07) is 6.03. The molecule has 0 saturated carbocycles. The van der Waals surface area contributed by atoms with Crippen LogP contribution >= 0.6 is 0 Å². The van der Waals surface area contributed by atoms with Gasteiger partial charge in [-0.3, -0.25) is 4.79 Å². The van der Waals surface area contributed by atoms with Gasteiger partial charge in [-0.05, 0) is 30.5 Å². The summed E-state index contributed by atoms with van der Waals surface area (Å²) < 4.78 is 36.9. The van der Waals surface area contributed by atoms with E-state index < -0.39 is 10.0 Å². The van der Waals surface area contributed by atoms with Crippen LogP contribution < -0.4 is 4.72 Å². The van der Waals surface area contributed by atoms with E-state index in [0.29, 0.717) is 18.8 Å². The van der Waals surface area contributed by atoms with Gasteiger partial charge >= 0.3 is 5.97 Å². The largest absolute Gasteiger partial charge is 0.469 e. The first-order chi connectivity index (χ1) is 10.0. The SMILES string of the molecule is COC(=O)Cc1ccc(S(=O)(=O)NC2CCCOC2)cc1. The van der Waals surface area contributed by atoms with Crippen molar-refractivity contribution in [1.29, 1.82) is 0 Å². The summed E-state index contributed by atoms with van der Waals surface area (Å²) in [6.45, 7) is 1.08. The van der Waals surface area contributed by atoms with E-state index in [2.05, 4.69) is 9.46 Å². The van der Waals surface area contributed by atoms with Gasteiger partial charge in [0.25, 0.3) is 0 Å². The smallest absolute Gasteiger partial charge is 0.309 e. The van der Waals surface area contributed by atoms with E-state index in [0.717, 1.165) is 12.8 Å². The number of benzene rings is 1. The van der Waals surface area contributed by atoms with Crippen molar-refractivity contribution < 1.29 is 22.7 Å². The lowest BCUT2D eigenvalue weighted by atomic mass is 10.1. The summed E-state index contributed by atoms with van der Waals surface area (Å²) in [6.07, 6.45) is 1.76. The molecule has 2 rings (SSSR count). The average Bonchev–Trinajstić information content (AvgIpc) is 2.48. The van der Waals surface area contributed by atoms with Gasteiger partial charge in [-0.2, -0.15) is 0 Å².